The summed E-state index contributed by atoms with van der Waals surface area (Å²) in [6.07, 6.45) is 2.44. The molecule has 1 saturated heterocycles. The van der Waals surface area contributed by atoms with Crippen molar-refractivity contribution < 1.29 is 4.74 Å². The summed E-state index contributed by atoms with van der Waals surface area (Å²) in [5, 5.41) is 6.92. The highest BCUT2D eigenvalue weighted by Crippen LogP contribution is 2.29. The number of hydrogen-bond acceptors (Lipinski definition) is 3. The first-order valence-corrected chi connectivity index (χ1v) is 6.39. The largest absolute Gasteiger partial charge is 0.495 e. The van der Waals surface area contributed by atoms with E-state index in [1.165, 1.54) is 12.8 Å². The SMILES string of the molecule is COc1ccc(Br)cc1NC1CCCNC1. The lowest BCUT2D eigenvalue weighted by Gasteiger charge is -2.25. The Hall–Kier alpha value is -0.740. The highest BCUT2D eigenvalue weighted by molar-refractivity contribution is 9.10. The topological polar surface area (TPSA) is 33.3 Å². The number of hydrogen-bond donors (Lipinski definition) is 2. The highest BCUT2D eigenvalue weighted by atomic mass is 79.9. The molecule has 1 aromatic rings. The van der Waals surface area contributed by atoms with E-state index in [4.69, 9.17) is 4.74 Å². The van der Waals surface area contributed by atoms with Crippen molar-refractivity contribution in [3.8, 4) is 5.75 Å². The minimum absolute atomic E-state index is 0.497. The Morgan fingerprint density at radius 3 is 3.06 bits per heavy atom. The third-order valence-corrected chi connectivity index (χ3v) is 3.31. The van der Waals surface area contributed by atoms with E-state index in [2.05, 4.69) is 32.6 Å². The van der Waals surface area contributed by atoms with Gasteiger partial charge in [-0.05, 0) is 37.6 Å². The Kier molecular flexibility index (Phi) is 4.07. The number of nitrogens with one attached hydrogen (secondary N) is 2. The van der Waals surface area contributed by atoms with Crippen molar-refractivity contribution in [3.05, 3.63) is 22.7 Å². The molecular formula is C12H17BrN2O. The predicted octanol–water partition coefficient (Wildman–Crippen LogP) is 2.62. The Morgan fingerprint density at radius 1 is 1.50 bits per heavy atom. The first-order chi connectivity index (χ1) is 7.79. The second-order valence-corrected chi connectivity index (χ2v) is 4.95. The number of methoxy groups -OCH3 is 1. The van der Waals surface area contributed by atoms with Gasteiger partial charge in [-0.25, -0.2) is 0 Å². The van der Waals surface area contributed by atoms with Crippen LogP contribution in [0.1, 0.15) is 12.8 Å². The highest BCUT2D eigenvalue weighted by Gasteiger charge is 2.14. The van der Waals surface area contributed by atoms with E-state index in [-0.39, 0.29) is 0 Å². The van der Waals surface area contributed by atoms with Crippen molar-refractivity contribution in [3.63, 3.8) is 0 Å². The molecule has 1 aliphatic rings. The molecule has 88 valence electrons. The molecule has 1 unspecified atom stereocenters. The van der Waals surface area contributed by atoms with Gasteiger partial charge >= 0.3 is 0 Å². The summed E-state index contributed by atoms with van der Waals surface area (Å²) < 4.78 is 6.41. The van der Waals surface area contributed by atoms with Gasteiger partial charge in [0.05, 0.1) is 12.8 Å². The van der Waals surface area contributed by atoms with E-state index in [0.29, 0.717) is 6.04 Å². The molecule has 1 aromatic carbocycles. The minimum Gasteiger partial charge on any atom is -0.495 e. The monoisotopic (exact) mass is 284 g/mol. The molecule has 0 aromatic heterocycles. The second-order valence-electron chi connectivity index (χ2n) is 4.03. The zero-order chi connectivity index (χ0) is 11.4. The molecule has 0 radical (unpaired) electrons. The zero-order valence-electron chi connectivity index (χ0n) is 9.42. The molecule has 2 N–H and O–H groups in total. The summed E-state index contributed by atoms with van der Waals surface area (Å²) in [6.45, 7) is 2.16. The Morgan fingerprint density at radius 2 is 2.38 bits per heavy atom. The van der Waals surface area contributed by atoms with Gasteiger partial charge in [0, 0.05) is 17.1 Å². The van der Waals surface area contributed by atoms with Gasteiger partial charge in [0.1, 0.15) is 5.75 Å². The van der Waals surface area contributed by atoms with Crippen LogP contribution < -0.4 is 15.4 Å². The fourth-order valence-corrected chi connectivity index (χ4v) is 2.35. The number of piperidine rings is 1. The van der Waals surface area contributed by atoms with Crippen LogP contribution in [0.5, 0.6) is 5.75 Å². The minimum atomic E-state index is 0.497. The molecule has 0 spiro atoms. The molecule has 0 saturated carbocycles. The van der Waals surface area contributed by atoms with Gasteiger partial charge in [-0.15, -0.1) is 0 Å². The van der Waals surface area contributed by atoms with Crippen molar-refractivity contribution >= 4 is 21.6 Å². The van der Waals surface area contributed by atoms with Crippen molar-refractivity contribution in [2.45, 2.75) is 18.9 Å². The number of benzene rings is 1. The van der Waals surface area contributed by atoms with E-state index in [9.17, 15) is 0 Å². The van der Waals surface area contributed by atoms with Crippen LogP contribution in [0, 0.1) is 0 Å². The molecule has 1 fully saturated rings. The smallest absolute Gasteiger partial charge is 0.142 e. The normalized spacial score (nSPS) is 20.5. The maximum atomic E-state index is 5.34. The van der Waals surface area contributed by atoms with Gasteiger partial charge in [0.15, 0.2) is 0 Å². The first kappa shape index (κ1) is 11.7. The molecule has 3 nitrogen and oxygen atoms in total. The third-order valence-electron chi connectivity index (χ3n) is 2.82. The summed E-state index contributed by atoms with van der Waals surface area (Å²) in [6, 6.07) is 6.52. The Balaban J connectivity index is 2.09. The summed E-state index contributed by atoms with van der Waals surface area (Å²) in [4.78, 5) is 0. The molecule has 1 atom stereocenters. The van der Waals surface area contributed by atoms with E-state index in [0.717, 1.165) is 29.0 Å². The van der Waals surface area contributed by atoms with Gasteiger partial charge in [-0.1, -0.05) is 15.9 Å². The molecule has 4 heteroatoms. The van der Waals surface area contributed by atoms with Crippen molar-refractivity contribution in [1.82, 2.24) is 5.32 Å². The van der Waals surface area contributed by atoms with Crippen molar-refractivity contribution in [1.29, 1.82) is 0 Å². The van der Waals surface area contributed by atoms with Gasteiger partial charge < -0.3 is 15.4 Å². The first-order valence-electron chi connectivity index (χ1n) is 5.60. The van der Waals surface area contributed by atoms with Crippen LogP contribution in [-0.2, 0) is 0 Å². The van der Waals surface area contributed by atoms with Crippen molar-refractivity contribution in [2.24, 2.45) is 0 Å². The molecule has 0 bridgehead atoms. The number of rotatable bonds is 3. The lowest BCUT2D eigenvalue weighted by molar-refractivity contribution is 0.414. The van der Waals surface area contributed by atoms with Gasteiger partial charge in [-0.3, -0.25) is 0 Å². The fourth-order valence-electron chi connectivity index (χ4n) is 1.99. The maximum absolute atomic E-state index is 5.34. The lowest BCUT2D eigenvalue weighted by Crippen LogP contribution is -2.38. The second kappa shape index (κ2) is 5.55. The molecular weight excluding hydrogens is 268 g/mol. The van der Waals surface area contributed by atoms with Crippen LogP contribution in [-0.4, -0.2) is 26.2 Å². The van der Waals surface area contributed by atoms with Gasteiger partial charge in [0.25, 0.3) is 0 Å². The van der Waals surface area contributed by atoms with Crippen LogP contribution in [0.15, 0.2) is 22.7 Å². The van der Waals surface area contributed by atoms with Gasteiger partial charge in [0.2, 0.25) is 0 Å². The van der Waals surface area contributed by atoms with Crippen LogP contribution in [0.2, 0.25) is 0 Å². The van der Waals surface area contributed by atoms with Crippen LogP contribution in [0.4, 0.5) is 5.69 Å². The van der Waals surface area contributed by atoms with E-state index >= 15 is 0 Å². The summed E-state index contributed by atoms with van der Waals surface area (Å²) in [5.74, 6) is 0.897. The van der Waals surface area contributed by atoms with E-state index in [1.54, 1.807) is 7.11 Å². The summed E-state index contributed by atoms with van der Waals surface area (Å²) in [7, 11) is 1.70. The molecule has 0 amide bonds. The van der Waals surface area contributed by atoms with E-state index < -0.39 is 0 Å². The van der Waals surface area contributed by atoms with Crippen LogP contribution in [0.25, 0.3) is 0 Å². The molecule has 0 aliphatic carbocycles. The van der Waals surface area contributed by atoms with E-state index in [1.807, 2.05) is 12.1 Å². The zero-order valence-corrected chi connectivity index (χ0v) is 11.0. The van der Waals surface area contributed by atoms with Crippen molar-refractivity contribution in [2.75, 3.05) is 25.5 Å². The predicted molar refractivity (Wildman–Crippen MR) is 70.2 cm³/mol. The van der Waals surface area contributed by atoms with Gasteiger partial charge in [-0.2, -0.15) is 0 Å². The summed E-state index contributed by atoms with van der Waals surface area (Å²) in [5.41, 5.74) is 1.06. The standard InChI is InChI=1S/C12H17BrN2O/c1-16-12-5-4-9(13)7-11(12)15-10-3-2-6-14-8-10/h4-5,7,10,14-15H,2-3,6,8H2,1H3. The third kappa shape index (κ3) is 2.89. The number of ether oxygens (including phenoxy) is 1. The van der Waals surface area contributed by atoms with Crippen LogP contribution in [0.3, 0.4) is 0 Å². The maximum Gasteiger partial charge on any atom is 0.142 e. The molecule has 16 heavy (non-hydrogen) atoms. The lowest BCUT2D eigenvalue weighted by atomic mass is 10.1. The number of anilines is 1. The average Bonchev–Trinajstić information content (AvgIpc) is 2.31. The number of halogens is 1. The molecule has 2 rings (SSSR count). The average molecular weight is 285 g/mol. The quantitative estimate of drug-likeness (QED) is 0.895. The summed E-state index contributed by atoms with van der Waals surface area (Å²) >= 11 is 3.48. The molecule has 1 heterocycles. The molecule has 1 aliphatic heterocycles. The van der Waals surface area contributed by atoms with Crippen LogP contribution >= 0.6 is 15.9 Å². The Bertz CT molecular complexity index is 351. The fraction of sp³-hybridized carbons (Fsp3) is 0.500. The Labute approximate surface area is 105 Å².